The normalized spacial score (nSPS) is 13.0. The molecule has 0 bridgehead atoms. The minimum atomic E-state index is 0.600. The van der Waals surface area contributed by atoms with E-state index in [0.717, 1.165) is 25.3 Å². The van der Waals surface area contributed by atoms with Gasteiger partial charge in [0.15, 0.2) is 0 Å². The number of hydrogen-bond donors (Lipinski definition) is 2. The summed E-state index contributed by atoms with van der Waals surface area (Å²) >= 11 is 0. The number of nitrogens with zero attached hydrogens (tertiary/aromatic N) is 3. The summed E-state index contributed by atoms with van der Waals surface area (Å²) in [5, 5.41) is 11.4. The second-order valence-electron chi connectivity index (χ2n) is 3.91. The van der Waals surface area contributed by atoms with Crippen molar-refractivity contribution in [3.63, 3.8) is 0 Å². The molecule has 0 spiro atoms. The molecular formula is C10H21N5. The summed E-state index contributed by atoms with van der Waals surface area (Å²) in [5.41, 5.74) is 6.40. The van der Waals surface area contributed by atoms with Crippen LogP contribution in [-0.2, 0) is 13.1 Å². The Hall–Kier alpha value is -0.940. The molecule has 86 valence electrons. The zero-order valence-corrected chi connectivity index (χ0v) is 9.61. The smallest absolute Gasteiger partial charge is 0.0964 e. The van der Waals surface area contributed by atoms with Gasteiger partial charge < -0.3 is 11.1 Å². The Balaban J connectivity index is 2.25. The van der Waals surface area contributed by atoms with Crippen molar-refractivity contribution in [2.75, 3.05) is 13.1 Å². The van der Waals surface area contributed by atoms with Crippen molar-refractivity contribution in [2.45, 2.75) is 33.4 Å². The van der Waals surface area contributed by atoms with Gasteiger partial charge in [-0.25, -0.2) is 0 Å². The highest BCUT2D eigenvalue weighted by Gasteiger charge is 2.01. The van der Waals surface area contributed by atoms with Crippen molar-refractivity contribution in [1.82, 2.24) is 20.3 Å². The quantitative estimate of drug-likeness (QED) is 0.684. The van der Waals surface area contributed by atoms with E-state index in [4.69, 9.17) is 5.73 Å². The molecule has 1 atom stereocenters. The van der Waals surface area contributed by atoms with Gasteiger partial charge in [0.05, 0.1) is 12.2 Å². The summed E-state index contributed by atoms with van der Waals surface area (Å²) < 4.78 is 1.78. The molecule has 3 N–H and O–H groups in total. The molecule has 15 heavy (non-hydrogen) atoms. The van der Waals surface area contributed by atoms with E-state index in [-0.39, 0.29) is 0 Å². The lowest BCUT2D eigenvalue weighted by molar-refractivity contribution is 0.497. The molecule has 0 amide bonds. The zero-order chi connectivity index (χ0) is 11.1. The molecule has 1 aromatic heterocycles. The number of nitrogens with one attached hydrogen (secondary N) is 1. The molecular weight excluding hydrogens is 190 g/mol. The van der Waals surface area contributed by atoms with Gasteiger partial charge in [-0.3, -0.25) is 4.68 Å². The molecule has 0 radical (unpaired) electrons. The molecule has 1 heterocycles. The summed E-state index contributed by atoms with van der Waals surface area (Å²) in [6, 6.07) is 0. The van der Waals surface area contributed by atoms with Crippen molar-refractivity contribution >= 4 is 0 Å². The first kappa shape index (κ1) is 12.1. The van der Waals surface area contributed by atoms with Crippen LogP contribution in [0.15, 0.2) is 6.20 Å². The van der Waals surface area contributed by atoms with Crippen LogP contribution in [0.25, 0.3) is 0 Å². The summed E-state index contributed by atoms with van der Waals surface area (Å²) in [4.78, 5) is 0. The first-order valence-electron chi connectivity index (χ1n) is 5.56. The van der Waals surface area contributed by atoms with Crippen molar-refractivity contribution in [3.8, 4) is 0 Å². The second-order valence-corrected chi connectivity index (χ2v) is 3.91. The lowest BCUT2D eigenvalue weighted by Crippen LogP contribution is -2.20. The first-order chi connectivity index (χ1) is 7.26. The Morgan fingerprint density at radius 3 is 3.07 bits per heavy atom. The lowest BCUT2D eigenvalue weighted by atomic mass is 10.1. The van der Waals surface area contributed by atoms with Crippen LogP contribution in [0.4, 0.5) is 0 Å². The molecule has 0 aromatic carbocycles. The van der Waals surface area contributed by atoms with Gasteiger partial charge in [0.1, 0.15) is 0 Å². The second kappa shape index (κ2) is 6.53. The maximum Gasteiger partial charge on any atom is 0.0964 e. The first-order valence-corrected chi connectivity index (χ1v) is 5.56. The Labute approximate surface area is 91.0 Å². The predicted molar refractivity (Wildman–Crippen MR) is 60.2 cm³/mol. The van der Waals surface area contributed by atoms with E-state index in [1.54, 1.807) is 4.68 Å². The summed E-state index contributed by atoms with van der Waals surface area (Å²) in [5.74, 6) is 0.712. The molecule has 0 fully saturated rings. The van der Waals surface area contributed by atoms with Crippen LogP contribution in [0.5, 0.6) is 0 Å². The average Bonchev–Trinajstić information content (AvgIpc) is 2.66. The van der Waals surface area contributed by atoms with Crippen LogP contribution >= 0.6 is 0 Å². The Kier molecular flexibility index (Phi) is 5.28. The molecule has 0 saturated heterocycles. The monoisotopic (exact) mass is 211 g/mol. The van der Waals surface area contributed by atoms with Crippen LogP contribution < -0.4 is 11.1 Å². The summed E-state index contributed by atoms with van der Waals surface area (Å²) in [6.45, 7) is 7.58. The van der Waals surface area contributed by atoms with Gasteiger partial charge in [-0.1, -0.05) is 25.5 Å². The summed E-state index contributed by atoms with van der Waals surface area (Å²) in [6.07, 6.45) is 3.14. The predicted octanol–water partition coefficient (Wildman–Crippen LogP) is 0.372. The highest BCUT2D eigenvalue weighted by molar-refractivity contribution is 4.91. The fraction of sp³-hybridized carbons (Fsp3) is 0.800. The van der Waals surface area contributed by atoms with E-state index in [9.17, 15) is 0 Å². The van der Waals surface area contributed by atoms with Gasteiger partial charge in [-0.05, 0) is 12.5 Å². The number of rotatable bonds is 7. The van der Waals surface area contributed by atoms with E-state index in [1.807, 2.05) is 6.20 Å². The van der Waals surface area contributed by atoms with E-state index in [0.29, 0.717) is 12.5 Å². The van der Waals surface area contributed by atoms with Crippen LogP contribution in [0.2, 0.25) is 0 Å². The standard InChI is InChI=1S/C10H21N5/c1-3-9(2)6-12-7-10-8-15(5-4-11)14-13-10/h8-9,12H,3-7,11H2,1-2H3. The van der Waals surface area contributed by atoms with Crippen LogP contribution in [0.1, 0.15) is 26.0 Å². The van der Waals surface area contributed by atoms with Gasteiger partial charge in [-0.15, -0.1) is 5.10 Å². The van der Waals surface area contributed by atoms with E-state index in [2.05, 4.69) is 29.5 Å². The highest BCUT2D eigenvalue weighted by Crippen LogP contribution is 1.98. The van der Waals surface area contributed by atoms with Crippen LogP contribution in [-0.4, -0.2) is 28.1 Å². The Morgan fingerprint density at radius 2 is 2.40 bits per heavy atom. The molecule has 1 rings (SSSR count). The fourth-order valence-electron chi connectivity index (χ4n) is 1.25. The molecule has 5 heteroatoms. The Morgan fingerprint density at radius 1 is 1.60 bits per heavy atom. The third kappa shape index (κ3) is 4.40. The largest absolute Gasteiger partial charge is 0.329 e. The zero-order valence-electron chi connectivity index (χ0n) is 9.61. The van der Waals surface area contributed by atoms with Crippen LogP contribution in [0, 0.1) is 5.92 Å². The molecule has 0 aliphatic carbocycles. The van der Waals surface area contributed by atoms with E-state index >= 15 is 0 Å². The molecule has 0 aliphatic heterocycles. The maximum absolute atomic E-state index is 5.42. The highest BCUT2D eigenvalue weighted by atomic mass is 15.4. The van der Waals surface area contributed by atoms with Gasteiger partial charge in [0.2, 0.25) is 0 Å². The molecule has 0 saturated carbocycles. The van der Waals surface area contributed by atoms with Crippen LogP contribution in [0.3, 0.4) is 0 Å². The molecule has 5 nitrogen and oxygen atoms in total. The minimum absolute atomic E-state index is 0.600. The number of aromatic nitrogens is 3. The van der Waals surface area contributed by atoms with Gasteiger partial charge in [-0.2, -0.15) is 0 Å². The van der Waals surface area contributed by atoms with Crippen molar-refractivity contribution in [1.29, 1.82) is 0 Å². The maximum atomic E-state index is 5.42. The molecule has 1 unspecified atom stereocenters. The lowest BCUT2D eigenvalue weighted by Gasteiger charge is -2.07. The fourth-order valence-corrected chi connectivity index (χ4v) is 1.25. The van der Waals surface area contributed by atoms with E-state index in [1.165, 1.54) is 6.42 Å². The Bertz CT molecular complexity index is 271. The summed E-state index contributed by atoms with van der Waals surface area (Å²) in [7, 11) is 0. The van der Waals surface area contributed by atoms with E-state index < -0.39 is 0 Å². The van der Waals surface area contributed by atoms with Gasteiger partial charge >= 0.3 is 0 Å². The molecule has 1 aromatic rings. The average molecular weight is 211 g/mol. The minimum Gasteiger partial charge on any atom is -0.329 e. The molecule has 0 aliphatic rings. The van der Waals surface area contributed by atoms with Crippen molar-refractivity contribution < 1.29 is 0 Å². The van der Waals surface area contributed by atoms with Crippen molar-refractivity contribution in [3.05, 3.63) is 11.9 Å². The van der Waals surface area contributed by atoms with Gasteiger partial charge in [0, 0.05) is 19.3 Å². The topological polar surface area (TPSA) is 68.8 Å². The third-order valence-corrected chi connectivity index (χ3v) is 2.44. The third-order valence-electron chi connectivity index (χ3n) is 2.44. The number of nitrogens with two attached hydrogens (primary N) is 1. The van der Waals surface area contributed by atoms with Crippen molar-refractivity contribution in [2.24, 2.45) is 11.7 Å². The number of hydrogen-bond acceptors (Lipinski definition) is 4. The SMILES string of the molecule is CCC(C)CNCc1cn(CCN)nn1. The van der Waals surface area contributed by atoms with Gasteiger partial charge in [0.25, 0.3) is 0 Å².